The highest BCUT2D eigenvalue weighted by Gasteiger charge is 2.17. The summed E-state index contributed by atoms with van der Waals surface area (Å²) in [4.78, 5) is 14.1. The van der Waals surface area contributed by atoms with Gasteiger partial charge in [0.05, 0.1) is 28.4 Å². The summed E-state index contributed by atoms with van der Waals surface area (Å²) in [6.45, 7) is 4.39. The van der Waals surface area contributed by atoms with Crippen molar-refractivity contribution in [1.29, 1.82) is 0 Å². The molecule has 0 saturated carbocycles. The predicted molar refractivity (Wildman–Crippen MR) is 139 cm³/mol. The number of para-hydroxylation sites is 2. The zero-order valence-electron chi connectivity index (χ0n) is 20.0. The van der Waals surface area contributed by atoms with Gasteiger partial charge in [-0.15, -0.1) is 16.9 Å². The molecule has 2 heterocycles. The number of aromatic nitrogens is 6. The number of hydrogen-bond acceptors (Lipinski definition) is 6. The SMILES string of the molecule is Cc1nn(-c2ccccc2)c(C)c1CNC(=O)c1ccccc1SCc1nnnn1-c1ccccc1. The molecule has 0 aliphatic heterocycles. The first-order valence-corrected chi connectivity index (χ1v) is 12.5. The van der Waals surface area contributed by atoms with E-state index in [4.69, 9.17) is 0 Å². The summed E-state index contributed by atoms with van der Waals surface area (Å²) in [5.41, 5.74) is 5.43. The van der Waals surface area contributed by atoms with Crippen LogP contribution < -0.4 is 5.32 Å². The first-order valence-electron chi connectivity index (χ1n) is 11.5. The molecule has 3 aromatic carbocycles. The molecule has 0 aliphatic rings. The maximum atomic E-state index is 13.2. The smallest absolute Gasteiger partial charge is 0.252 e. The Morgan fingerprint density at radius 3 is 2.22 bits per heavy atom. The van der Waals surface area contributed by atoms with Crippen LogP contribution in [0.4, 0.5) is 0 Å². The number of nitrogens with zero attached hydrogens (tertiary/aromatic N) is 6. The number of rotatable bonds is 8. The number of benzene rings is 3. The normalized spacial score (nSPS) is 10.9. The predicted octanol–water partition coefficient (Wildman–Crippen LogP) is 4.69. The van der Waals surface area contributed by atoms with Crippen LogP contribution in [-0.2, 0) is 12.3 Å². The highest BCUT2D eigenvalue weighted by Crippen LogP contribution is 2.26. The molecule has 9 heteroatoms. The van der Waals surface area contributed by atoms with Crippen LogP contribution >= 0.6 is 11.8 Å². The van der Waals surface area contributed by atoms with Gasteiger partial charge >= 0.3 is 0 Å². The van der Waals surface area contributed by atoms with Crippen LogP contribution in [0.25, 0.3) is 11.4 Å². The maximum Gasteiger partial charge on any atom is 0.252 e. The molecule has 0 bridgehead atoms. The van der Waals surface area contributed by atoms with Crippen LogP contribution in [0.1, 0.15) is 33.1 Å². The Bertz CT molecular complexity index is 1480. The summed E-state index contributed by atoms with van der Waals surface area (Å²) in [5, 5.41) is 19.9. The minimum Gasteiger partial charge on any atom is -0.348 e. The number of nitrogens with one attached hydrogen (secondary N) is 1. The third-order valence-electron chi connectivity index (χ3n) is 5.89. The molecule has 2 aromatic heterocycles. The Labute approximate surface area is 213 Å². The molecule has 8 nitrogen and oxygen atoms in total. The van der Waals surface area contributed by atoms with Gasteiger partial charge < -0.3 is 5.32 Å². The van der Waals surface area contributed by atoms with Crippen molar-refractivity contribution in [2.75, 3.05) is 0 Å². The van der Waals surface area contributed by atoms with Crippen molar-refractivity contribution in [2.24, 2.45) is 0 Å². The Kier molecular flexibility index (Phi) is 6.90. The number of tetrazole rings is 1. The molecule has 1 amide bonds. The summed E-state index contributed by atoms with van der Waals surface area (Å²) in [6, 6.07) is 27.3. The summed E-state index contributed by atoms with van der Waals surface area (Å²) < 4.78 is 3.63. The molecule has 0 fully saturated rings. The minimum atomic E-state index is -0.132. The molecular formula is C27H25N7OS. The van der Waals surface area contributed by atoms with E-state index in [0.717, 1.165) is 33.2 Å². The Hall–Kier alpha value is -4.24. The second kappa shape index (κ2) is 10.6. The molecular weight excluding hydrogens is 470 g/mol. The molecule has 0 spiro atoms. The van der Waals surface area contributed by atoms with Gasteiger partial charge in [0.1, 0.15) is 0 Å². The van der Waals surface area contributed by atoms with E-state index in [2.05, 4.69) is 25.9 Å². The van der Waals surface area contributed by atoms with Gasteiger partial charge in [-0.05, 0) is 60.7 Å². The number of thioether (sulfide) groups is 1. The largest absolute Gasteiger partial charge is 0.348 e. The van der Waals surface area contributed by atoms with Crippen molar-refractivity contribution < 1.29 is 4.79 Å². The Morgan fingerprint density at radius 1 is 0.861 bits per heavy atom. The van der Waals surface area contributed by atoms with Crippen molar-refractivity contribution in [3.05, 3.63) is 113 Å². The van der Waals surface area contributed by atoms with E-state index in [1.54, 1.807) is 4.68 Å². The topological polar surface area (TPSA) is 90.5 Å². The first kappa shape index (κ1) is 23.5. The van der Waals surface area contributed by atoms with E-state index in [9.17, 15) is 4.79 Å². The molecule has 0 atom stereocenters. The van der Waals surface area contributed by atoms with Gasteiger partial charge in [0.15, 0.2) is 5.82 Å². The number of aryl methyl sites for hydroxylation is 1. The van der Waals surface area contributed by atoms with E-state index < -0.39 is 0 Å². The number of amides is 1. The van der Waals surface area contributed by atoms with Crippen LogP contribution in [0.3, 0.4) is 0 Å². The van der Waals surface area contributed by atoms with Gasteiger partial charge in [0.25, 0.3) is 5.91 Å². The lowest BCUT2D eigenvalue weighted by Gasteiger charge is -2.11. The highest BCUT2D eigenvalue weighted by molar-refractivity contribution is 7.98. The molecule has 36 heavy (non-hydrogen) atoms. The second-order valence-electron chi connectivity index (χ2n) is 8.21. The van der Waals surface area contributed by atoms with Crippen molar-refractivity contribution in [2.45, 2.75) is 31.0 Å². The lowest BCUT2D eigenvalue weighted by molar-refractivity contribution is 0.0948. The summed E-state index contributed by atoms with van der Waals surface area (Å²) in [5.74, 6) is 1.10. The van der Waals surface area contributed by atoms with Crippen LogP contribution in [0.15, 0.2) is 89.8 Å². The van der Waals surface area contributed by atoms with Gasteiger partial charge in [0, 0.05) is 22.7 Å². The third kappa shape index (κ3) is 4.92. The van der Waals surface area contributed by atoms with Crippen LogP contribution in [0.2, 0.25) is 0 Å². The van der Waals surface area contributed by atoms with Gasteiger partial charge in [0.2, 0.25) is 0 Å². The van der Waals surface area contributed by atoms with Crippen molar-refractivity contribution in [1.82, 2.24) is 35.3 Å². The molecule has 180 valence electrons. The lowest BCUT2D eigenvalue weighted by atomic mass is 10.1. The van der Waals surface area contributed by atoms with Gasteiger partial charge in [-0.3, -0.25) is 4.79 Å². The summed E-state index contributed by atoms with van der Waals surface area (Å²) in [6.07, 6.45) is 0. The number of hydrogen-bond donors (Lipinski definition) is 1. The fourth-order valence-corrected chi connectivity index (χ4v) is 4.96. The molecule has 0 aliphatic carbocycles. The average molecular weight is 496 g/mol. The molecule has 0 unspecified atom stereocenters. The van der Waals surface area contributed by atoms with E-state index in [1.807, 2.05) is 103 Å². The Balaban J connectivity index is 1.29. The van der Waals surface area contributed by atoms with Crippen molar-refractivity contribution in [3.63, 3.8) is 0 Å². The minimum absolute atomic E-state index is 0.132. The van der Waals surface area contributed by atoms with Crippen molar-refractivity contribution >= 4 is 17.7 Å². The standard InChI is InChI=1S/C27H25N7OS/c1-19-24(20(2)33(30-19)21-11-5-3-6-12-21)17-28-27(35)23-15-9-10-16-25(23)36-18-26-29-31-32-34(26)22-13-7-4-8-14-22/h3-16H,17-18H2,1-2H3,(H,28,35). The zero-order chi connectivity index (χ0) is 24.9. The summed E-state index contributed by atoms with van der Waals surface area (Å²) >= 11 is 1.53. The fourth-order valence-electron chi connectivity index (χ4n) is 4.00. The molecule has 0 saturated heterocycles. The van der Waals surface area contributed by atoms with E-state index in [1.165, 1.54) is 11.8 Å². The fraction of sp³-hybridized carbons (Fsp3) is 0.148. The average Bonchev–Trinajstić information content (AvgIpc) is 3.51. The maximum absolute atomic E-state index is 13.2. The van der Waals surface area contributed by atoms with Crippen LogP contribution in [0.5, 0.6) is 0 Å². The number of carbonyl (C=O) groups is 1. The van der Waals surface area contributed by atoms with Crippen molar-refractivity contribution in [3.8, 4) is 11.4 Å². The molecule has 5 aromatic rings. The van der Waals surface area contributed by atoms with Crippen LogP contribution in [0, 0.1) is 13.8 Å². The molecule has 5 rings (SSSR count). The first-order chi connectivity index (χ1) is 17.6. The Morgan fingerprint density at radius 2 is 1.50 bits per heavy atom. The van der Waals surface area contributed by atoms with E-state index >= 15 is 0 Å². The monoisotopic (exact) mass is 495 g/mol. The van der Waals surface area contributed by atoms with Gasteiger partial charge in [-0.1, -0.05) is 48.5 Å². The number of carbonyl (C=O) groups excluding carboxylic acids is 1. The molecule has 1 N–H and O–H groups in total. The quantitative estimate of drug-likeness (QED) is 0.314. The van der Waals surface area contributed by atoms with Crippen LogP contribution in [-0.4, -0.2) is 35.9 Å². The van der Waals surface area contributed by atoms with E-state index in [-0.39, 0.29) is 5.91 Å². The zero-order valence-corrected chi connectivity index (χ0v) is 20.8. The lowest BCUT2D eigenvalue weighted by Crippen LogP contribution is -2.24. The second-order valence-corrected chi connectivity index (χ2v) is 9.22. The van der Waals surface area contributed by atoms with E-state index in [0.29, 0.717) is 23.7 Å². The van der Waals surface area contributed by atoms with Gasteiger partial charge in [-0.2, -0.15) is 9.78 Å². The molecule has 0 radical (unpaired) electrons. The summed E-state index contributed by atoms with van der Waals surface area (Å²) in [7, 11) is 0. The highest BCUT2D eigenvalue weighted by atomic mass is 32.2. The third-order valence-corrected chi connectivity index (χ3v) is 6.96. The van der Waals surface area contributed by atoms with Gasteiger partial charge in [-0.25, -0.2) is 4.68 Å².